The molecule has 1 atom stereocenters. The summed E-state index contributed by atoms with van der Waals surface area (Å²) in [6.45, 7) is 0.282. The van der Waals surface area contributed by atoms with Gasteiger partial charge in [-0.25, -0.2) is 9.97 Å². The maximum Gasteiger partial charge on any atom is 0.270 e. The fraction of sp³-hybridized carbons (Fsp3) is 0.160. The number of carbonyl (C=O) groups is 2. The van der Waals surface area contributed by atoms with Crippen LogP contribution in [0.4, 0.5) is 0 Å². The van der Waals surface area contributed by atoms with E-state index in [1.54, 1.807) is 0 Å². The average Bonchev–Trinajstić information content (AvgIpc) is 3.58. The van der Waals surface area contributed by atoms with Crippen LogP contribution in [0.1, 0.15) is 55.7 Å². The Morgan fingerprint density at radius 3 is 2.74 bits per heavy atom. The van der Waals surface area contributed by atoms with E-state index in [2.05, 4.69) is 47.1 Å². The summed E-state index contributed by atoms with van der Waals surface area (Å²) in [5, 5.41) is 19.9. The number of carbonyl (C=O) groups excluding carboxylic acids is 2. The Hall–Kier alpha value is -4.91. The summed E-state index contributed by atoms with van der Waals surface area (Å²) in [6.07, 6.45) is 8.20. The standard InChI is InChI=1S/C25H20N8O2/c1-2-15-4-3-5-16(10-15)13-26-24(34)21-12-22(28-14-27-21)25(35)29-20-9-7-17-11-18(6-8-19(17)20)23-30-32-33-31-23/h1,3-6,8,10-12,14,20H,7,9,13H2,(H,26,34)(H,29,35)(H,30,31,32,33)/t20-/m0/s1. The Morgan fingerprint density at radius 1 is 1.09 bits per heavy atom. The van der Waals surface area contributed by atoms with Gasteiger partial charge in [-0.1, -0.05) is 30.2 Å². The molecule has 3 N–H and O–H groups in total. The van der Waals surface area contributed by atoms with Gasteiger partial charge >= 0.3 is 0 Å². The minimum absolute atomic E-state index is 0.106. The first-order valence-electron chi connectivity index (χ1n) is 10.9. The fourth-order valence-electron chi connectivity index (χ4n) is 4.07. The maximum absolute atomic E-state index is 12.9. The molecular formula is C25H20N8O2. The number of benzene rings is 2. The molecule has 0 spiro atoms. The van der Waals surface area contributed by atoms with E-state index >= 15 is 0 Å². The molecule has 10 nitrogen and oxygen atoms in total. The number of aromatic amines is 1. The van der Waals surface area contributed by atoms with Gasteiger partial charge in [0.1, 0.15) is 17.7 Å². The Morgan fingerprint density at radius 2 is 1.94 bits per heavy atom. The number of H-pyrrole nitrogens is 1. The van der Waals surface area contributed by atoms with Crippen molar-refractivity contribution in [3.63, 3.8) is 0 Å². The van der Waals surface area contributed by atoms with Crippen LogP contribution < -0.4 is 10.6 Å². The second kappa shape index (κ2) is 9.52. The highest BCUT2D eigenvalue weighted by Crippen LogP contribution is 2.33. The highest BCUT2D eigenvalue weighted by atomic mass is 16.2. The van der Waals surface area contributed by atoms with Crippen molar-refractivity contribution in [2.24, 2.45) is 0 Å². The molecule has 1 aliphatic rings. The SMILES string of the molecule is C#Cc1cccc(CNC(=O)c2cc(C(=O)N[C@H]3CCc4cc(-c5nn[nH]n5)ccc43)ncn2)c1. The van der Waals surface area contributed by atoms with Crippen LogP contribution in [0.3, 0.4) is 0 Å². The van der Waals surface area contributed by atoms with Crippen molar-refractivity contribution in [1.29, 1.82) is 0 Å². The first-order chi connectivity index (χ1) is 17.1. The van der Waals surface area contributed by atoms with Gasteiger partial charge in [-0.2, -0.15) is 5.21 Å². The molecule has 0 fully saturated rings. The summed E-state index contributed by atoms with van der Waals surface area (Å²) in [5.74, 6) is 2.31. The number of aromatic nitrogens is 6. The third-order valence-electron chi connectivity index (χ3n) is 5.81. The third-order valence-corrected chi connectivity index (χ3v) is 5.81. The Labute approximate surface area is 200 Å². The van der Waals surface area contributed by atoms with Gasteiger partial charge in [0, 0.05) is 23.7 Å². The molecule has 0 saturated carbocycles. The van der Waals surface area contributed by atoms with Crippen LogP contribution >= 0.6 is 0 Å². The molecule has 2 amide bonds. The van der Waals surface area contributed by atoms with E-state index in [-0.39, 0.29) is 29.9 Å². The first-order valence-corrected chi connectivity index (χ1v) is 10.9. The Balaban J connectivity index is 1.24. The zero-order chi connectivity index (χ0) is 24.2. The van der Waals surface area contributed by atoms with Crippen LogP contribution in [-0.4, -0.2) is 42.4 Å². The first kappa shape index (κ1) is 21.9. The van der Waals surface area contributed by atoms with E-state index in [1.165, 1.54) is 12.4 Å². The highest BCUT2D eigenvalue weighted by Gasteiger charge is 2.26. The zero-order valence-corrected chi connectivity index (χ0v) is 18.5. The summed E-state index contributed by atoms with van der Waals surface area (Å²) in [6, 6.07) is 14.4. The van der Waals surface area contributed by atoms with Crippen molar-refractivity contribution in [2.45, 2.75) is 25.4 Å². The molecule has 0 unspecified atom stereocenters. The van der Waals surface area contributed by atoms with Crippen molar-refractivity contribution in [3.8, 4) is 23.7 Å². The lowest BCUT2D eigenvalue weighted by atomic mass is 10.0. The number of amides is 2. The van der Waals surface area contributed by atoms with Gasteiger partial charge in [0.15, 0.2) is 0 Å². The molecule has 2 aromatic heterocycles. The lowest BCUT2D eigenvalue weighted by Gasteiger charge is -2.14. The lowest BCUT2D eigenvalue weighted by molar-refractivity contribution is 0.0931. The van der Waals surface area contributed by atoms with Gasteiger partial charge in [-0.05, 0) is 52.9 Å². The molecule has 2 heterocycles. The van der Waals surface area contributed by atoms with E-state index < -0.39 is 5.91 Å². The number of rotatable bonds is 6. The summed E-state index contributed by atoms with van der Waals surface area (Å²) < 4.78 is 0. The quantitative estimate of drug-likeness (QED) is 0.371. The second-order valence-electron chi connectivity index (χ2n) is 8.03. The average molecular weight is 464 g/mol. The van der Waals surface area contributed by atoms with Crippen LogP contribution in [0.15, 0.2) is 54.9 Å². The predicted molar refractivity (Wildman–Crippen MR) is 126 cm³/mol. The normalized spacial score (nSPS) is 14.1. The van der Waals surface area contributed by atoms with Crippen LogP contribution in [0.5, 0.6) is 0 Å². The molecule has 172 valence electrons. The molecule has 5 rings (SSSR count). The molecule has 4 aromatic rings. The minimum atomic E-state index is -0.409. The number of aryl methyl sites for hydroxylation is 1. The summed E-state index contributed by atoms with van der Waals surface area (Å²) >= 11 is 0. The van der Waals surface area contributed by atoms with Gasteiger partial charge in [0.25, 0.3) is 11.8 Å². The Kier molecular flexibility index (Phi) is 5.96. The number of nitrogens with zero attached hydrogens (tertiary/aromatic N) is 5. The highest BCUT2D eigenvalue weighted by molar-refractivity contribution is 5.97. The van der Waals surface area contributed by atoms with Crippen molar-refractivity contribution < 1.29 is 9.59 Å². The maximum atomic E-state index is 12.9. The van der Waals surface area contributed by atoms with Crippen molar-refractivity contribution in [1.82, 2.24) is 41.2 Å². The number of hydrogen-bond donors (Lipinski definition) is 3. The van der Waals surface area contributed by atoms with Gasteiger partial charge in [-0.15, -0.1) is 16.6 Å². The summed E-state index contributed by atoms with van der Waals surface area (Å²) in [5.41, 5.74) is 4.84. The number of fused-ring (bicyclic) bond motifs is 1. The van der Waals surface area contributed by atoms with Crippen LogP contribution in [-0.2, 0) is 13.0 Å². The number of terminal acetylenes is 1. The van der Waals surface area contributed by atoms with Gasteiger partial charge < -0.3 is 10.6 Å². The van der Waals surface area contributed by atoms with Gasteiger partial charge in [-0.3, -0.25) is 9.59 Å². The largest absolute Gasteiger partial charge is 0.347 e. The van der Waals surface area contributed by atoms with E-state index in [0.717, 1.165) is 40.7 Å². The van der Waals surface area contributed by atoms with Crippen LogP contribution in [0.25, 0.3) is 11.4 Å². The molecule has 10 heteroatoms. The number of nitrogens with one attached hydrogen (secondary N) is 3. The van der Waals surface area contributed by atoms with Crippen molar-refractivity contribution in [3.05, 3.63) is 88.5 Å². The van der Waals surface area contributed by atoms with Gasteiger partial charge in [0.05, 0.1) is 6.04 Å². The molecule has 0 aliphatic heterocycles. The molecule has 35 heavy (non-hydrogen) atoms. The summed E-state index contributed by atoms with van der Waals surface area (Å²) in [7, 11) is 0. The molecule has 2 aromatic carbocycles. The third kappa shape index (κ3) is 4.74. The van der Waals surface area contributed by atoms with Crippen molar-refractivity contribution >= 4 is 11.8 Å². The fourth-order valence-corrected chi connectivity index (χ4v) is 4.07. The molecule has 0 radical (unpaired) electrons. The second-order valence-corrected chi connectivity index (χ2v) is 8.03. The lowest BCUT2D eigenvalue weighted by Crippen LogP contribution is -2.29. The monoisotopic (exact) mass is 464 g/mol. The van der Waals surface area contributed by atoms with Crippen LogP contribution in [0.2, 0.25) is 0 Å². The van der Waals surface area contributed by atoms with Crippen LogP contribution in [0, 0.1) is 12.3 Å². The van der Waals surface area contributed by atoms with Crippen molar-refractivity contribution in [2.75, 3.05) is 0 Å². The molecular weight excluding hydrogens is 444 g/mol. The predicted octanol–water partition coefficient (Wildman–Crippen LogP) is 1.99. The van der Waals surface area contributed by atoms with E-state index in [0.29, 0.717) is 5.82 Å². The zero-order valence-electron chi connectivity index (χ0n) is 18.5. The topological polar surface area (TPSA) is 138 Å². The summed E-state index contributed by atoms with van der Waals surface area (Å²) in [4.78, 5) is 33.6. The number of hydrogen-bond acceptors (Lipinski definition) is 7. The van der Waals surface area contributed by atoms with E-state index in [4.69, 9.17) is 6.42 Å². The van der Waals surface area contributed by atoms with E-state index in [9.17, 15) is 9.59 Å². The van der Waals surface area contributed by atoms with Gasteiger partial charge in [0.2, 0.25) is 5.82 Å². The minimum Gasteiger partial charge on any atom is -0.347 e. The molecule has 0 saturated heterocycles. The Bertz CT molecular complexity index is 1440. The molecule has 0 bridgehead atoms. The molecule has 1 aliphatic carbocycles. The number of tetrazole rings is 1. The smallest absolute Gasteiger partial charge is 0.270 e. The van der Waals surface area contributed by atoms with E-state index in [1.807, 2.05) is 42.5 Å².